The van der Waals surface area contributed by atoms with Crippen LogP contribution >= 0.6 is 0 Å². The minimum atomic E-state index is -4.33. The maximum atomic E-state index is 15.0. The molecule has 9 heteroatoms. The quantitative estimate of drug-likeness (QED) is 0.319. The highest BCUT2D eigenvalue weighted by atomic mass is 32.2. The number of para-hydroxylation sites is 1. The Morgan fingerprint density at radius 3 is 2.12 bits per heavy atom. The summed E-state index contributed by atoms with van der Waals surface area (Å²) in [5.74, 6) is -1.72. The second-order valence-corrected chi connectivity index (χ2v) is 11.8. The van der Waals surface area contributed by atoms with Gasteiger partial charge in [-0.1, -0.05) is 67.9 Å². The number of hydrogen-bond donors (Lipinski definition) is 1. The van der Waals surface area contributed by atoms with Gasteiger partial charge in [0.05, 0.1) is 10.6 Å². The molecule has 0 saturated carbocycles. The lowest BCUT2D eigenvalue weighted by molar-refractivity contribution is -0.140. The zero-order valence-corrected chi connectivity index (χ0v) is 24.5. The van der Waals surface area contributed by atoms with Gasteiger partial charge >= 0.3 is 0 Å². The molecule has 3 aromatic rings. The van der Waals surface area contributed by atoms with E-state index in [4.69, 9.17) is 0 Å². The monoisotopic (exact) mass is 567 g/mol. The van der Waals surface area contributed by atoms with Crippen molar-refractivity contribution in [3.8, 4) is 0 Å². The van der Waals surface area contributed by atoms with Crippen LogP contribution in [0.5, 0.6) is 0 Å². The number of nitrogens with zero attached hydrogens (tertiary/aromatic N) is 2. The third-order valence-corrected chi connectivity index (χ3v) is 8.77. The second kappa shape index (κ2) is 13.6. The van der Waals surface area contributed by atoms with Gasteiger partial charge in [0.15, 0.2) is 0 Å². The molecule has 0 aliphatic rings. The summed E-state index contributed by atoms with van der Waals surface area (Å²) in [4.78, 5) is 28.7. The third kappa shape index (κ3) is 7.27. The molecule has 0 saturated heterocycles. The summed E-state index contributed by atoms with van der Waals surface area (Å²) in [5, 5.41) is 2.95. The third-order valence-electron chi connectivity index (χ3n) is 7.00. The molecule has 214 valence electrons. The van der Waals surface area contributed by atoms with E-state index < -0.39 is 34.3 Å². The first kappa shape index (κ1) is 30.8. The zero-order chi connectivity index (χ0) is 29.4. The van der Waals surface area contributed by atoms with Crippen molar-refractivity contribution in [1.82, 2.24) is 10.2 Å². The predicted molar refractivity (Wildman–Crippen MR) is 156 cm³/mol. The molecule has 40 heavy (non-hydrogen) atoms. The van der Waals surface area contributed by atoms with Crippen LogP contribution in [0.4, 0.5) is 10.1 Å². The first-order valence-corrected chi connectivity index (χ1v) is 14.9. The minimum Gasteiger partial charge on any atom is -0.352 e. The van der Waals surface area contributed by atoms with Gasteiger partial charge in [-0.25, -0.2) is 12.8 Å². The van der Waals surface area contributed by atoms with Gasteiger partial charge < -0.3 is 10.2 Å². The maximum Gasteiger partial charge on any atom is 0.264 e. The van der Waals surface area contributed by atoms with Crippen LogP contribution in [0.3, 0.4) is 0 Å². The number of aryl methyl sites for hydroxylation is 2. The highest BCUT2D eigenvalue weighted by Gasteiger charge is 2.35. The average Bonchev–Trinajstić information content (AvgIpc) is 2.93. The number of sulfonamides is 1. The molecule has 3 rings (SSSR count). The molecule has 2 atom stereocenters. The first-order valence-electron chi connectivity index (χ1n) is 13.5. The summed E-state index contributed by atoms with van der Waals surface area (Å²) in [6.07, 6.45) is 1.02. The van der Waals surface area contributed by atoms with Crippen LogP contribution in [0.2, 0.25) is 0 Å². The van der Waals surface area contributed by atoms with Crippen molar-refractivity contribution in [2.75, 3.05) is 10.8 Å². The van der Waals surface area contributed by atoms with Gasteiger partial charge in [0.2, 0.25) is 11.8 Å². The molecule has 2 amide bonds. The first-order chi connectivity index (χ1) is 19.0. The highest BCUT2D eigenvalue weighted by Crippen LogP contribution is 2.27. The maximum absolute atomic E-state index is 15.0. The number of carbonyl (C=O) groups excluding carboxylic acids is 2. The Hall–Kier alpha value is -3.72. The van der Waals surface area contributed by atoms with E-state index in [-0.39, 0.29) is 29.1 Å². The SMILES string of the molecule is CC[C@@H](C)NC(=O)[C@@H](CC)N(Cc1ccccc1C)C(=O)CN(c1ccccc1F)S(=O)(=O)c1ccc(C)cc1. The number of carbonyl (C=O) groups is 2. The van der Waals surface area contributed by atoms with Crippen molar-refractivity contribution < 1.29 is 22.4 Å². The van der Waals surface area contributed by atoms with E-state index in [2.05, 4.69) is 5.32 Å². The van der Waals surface area contributed by atoms with Crippen LogP contribution in [0, 0.1) is 19.7 Å². The molecule has 1 N–H and O–H groups in total. The van der Waals surface area contributed by atoms with Crippen molar-refractivity contribution in [3.05, 3.63) is 95.3 Å². The van der Waals surface area contributed by atoms with E-state index in [0.29, 0.717) is 12.8 Å². The lowest BCUT2D eigenvalue weighted by Gasteiger charge is -2.34. The van der Waals surface area contributed by atoms with Crippen LogP contribution in [0.25, 0.3) is 0 Å². The molecule has 0 spiro atoms. The fraction of sp³-hybridized carbons (Fsp3) is 0.355. The lowest BCUT2D eigenvalue weighted by Crippen LogP contribution is -2.53. The van der Waals surface area contributed by atoms with Crippen LogP contribution in [-0.2, 0) is 26.2 Å². The molecule has 0 unspecified atom stereocenters. The summed E-state index contributed by atoms with van der Waals surface area (Å²) in [6.45, 7) is 8.77. The number of benzene rings is 3. The fourth-order valence-corrected chi connectivity index (χ4v) is 5.76. The predicted octanol–water partition coefficient (Wildman–Crippen LogP) is 5.36. The largest absolute Gasteiger partial charge is 0.352 e. The van der Waals surface area contributed by atoms with E-state index in [1.165, 1.54) is 35.2 Å². The molecule has 7 nitrogen and oxygen atoms in total. The van der Waals surface area contributed by atoms with E-state index in [9.17, 15) is 18.0 Å². The Morgan fingerprint density at radius 1 is 0.900 bits per heavy atom. The number of nitrogens with one attached hydrogen (secondary N) is 1. The van der Waals surface area contributed by atoms with Crippen LogP contribution in [0.15, 0.2) is 77.7 Å². The van der Waals surface area contributed by atoms with Gasteiger partial charge in [-0.3, -0.25) is 13.9 Å². The highest BCUT2D eigenvalue weighted by molar-refractivity contribution is 7.92. The van der Waals surface area contributed by atoms with Gasteiger partial charge in [-0.05, 0) is 69.0 Å². The molecule has 0 fully saturated rings. The van der Waals surface area contributed by atoms with Gasteiger partial charge in [0.25, 0.3) is 10.0 Å². The van der Waals surface area contributed by atoms with Crippen molar-refractivity contribution in [2.24, 2.45) is 0 Å². The molecule has 3 aromatic carbocycles. The van der Waals surface area contributed by atoms with Crippen LogP contribution < -0.4 is 9.62 Å². The van der Waals surface area contributed by atoms with E-state index >= 15 is 4.39 Å². The summed E-state index contributed by atoms with van der Waals surface area (Å²) < 4.78 is 43.5. The number of hydrogen-bond acceptors (Lipinski definition) is 4. The Bertz CT molecular complexity index is 1430. The second-order valence-electron chi connectivity index (χ2n) is 9.97. The summed E-state index contributed by atoms with van der Waals surface area (Å²) in [5.41, 5.74) is 2.36. The molecular formula is C31H38FN3O4S. The molecular weight excluding hydrogens is 529 g/mol. The average molecular weight is 568 g/mol. The minimum absolute atomic E-state index is 0.0684. The van der Waals surface area contributed by atoms with E-state index in [0.717, 1.165) is 27.1 Å². The van der Waals surface area contributed by atoms with E-state index in [1.54, 1.807) is 19.1 Å². The standard InChI is InChI=1S/C31H38FN3O4S/c1-6-24(5)33-31(37)28(7-2)34(20-25-13-9-8-12-23(25)4)30(36)21-35(29-15-11-10-14-27(29)32)40(38,39)26-18-16-22(3)17-19-26/h8-19,24,28H,6-7,20-21H2,1-5H3,(H,33,37)/t24-,28-/m1/s1. The van der Waals surface area contributed by atoms with Crippen molar-refractivity contribution in [2.45, 2.75) is 71.0 Å². The molecule has 0 heterocycles. The van der Waals surface area contributed by atoms with Crippen LogP contribution in [-0.4, -0.2) is 43.8 Å². The number of halogens is 1. The van der Waals surface area contributed by atoms with Gasteiger partial charge in [0.1, 0.15) is 18.4 Å². The van der Waals surface area contributed by atoms with Gasteiger partial charge in [-0.15, -0.1) is 0 Å². The molecule has 0 aromatic heterocycles. The molecule has 0 aliphatic carbocycles. The molecule has 0 radical (unpaired) electrons. The zero-order valence-electron chi connectivity index (χ0n) is 23.7. The topological polar surface area (TPSA) is 86.8 Å². The van der Waals surface area contributed by atoms with Crippen molar-refractivity contribution >= 4 is 27.5 Å². The normalized spacial score (nSPS) is 12.8. The molecule has 0 aliphatic heterocycles. The van der Waals surface area contributed by atoms with E-state index in [1.807, 2.05) is 52.0 Å². The summed E-state index contributed by atoms with van der Waals surface area (Å²) >= 11 is 0. The Labute approximate surface area is 237 Å². The summed E-state index contributed by atoms with van der Waals surface area (Å²) in [7, 11) is -4.33. The number of amides is 2. The summed E-state index contributed by atoms with van der Waals surface area (Å²) in [6, 6.07) is 18.1. The molecule has 0 bridgehead atoms. The van der Waals surface area contributed by atoms with Crippen LogP contribution in [0.1, 0.15) is 50.3 Å². The smallest absolute Gasteiger partial charge is 0.264 e. The number of anilines is 1. The number of rotatable bonds is 12. The van der Waals surface area contributed by atoms with Crippen molar-refractivity contribution in [1.29, 1.82) is 0 Å². The van der Waals surface area contributed by atoms with Crippen molar-refractivity contribution in [3.63, 3.8) is 0 Å². The van der Waals surface area contributed by atoms with Gasteiger partial charge in [0, 0.05) is 12.6 Å². The Morgan fingerprint density at radius 2 is 1.52 bits per heavy atom. The Kier molecular flexibility index (Phi) is 10.5. The fourth-order valence-electron chi connectivity index (χ4n) is 4.34. The van der Waals surface area contributed by atoms with Gasteiger partial charge in [-0.2, -0.15) is 0 Å². The lowest BCUT2D eigenvalue weighted by atomic mass is 10.1. The Balaban J connectivity index is 2.08.